The molecule has 2 rings (SSSR count). The smallest absolute Gasteiger partial charge is 0.240 e. The van der Waals surface area contributed by atoms with Crippen molar-refractivity contribution in [2.24, 2.45) is 0 Å². The van der Waals surface area contributed by atoms with E-state index in [2.05, 4.69) is 9.71 Å². The lowest BCUT2D eigenvalue weighted by Crippen LogP contribution is -2.23. The number of aryl methyl sites for hydroxylation is 2. The van der Waals surface area contributed by atoms with Gasteiger partial charge in [0.25, 0.3) is 0 Å². The van der Waals surface area contributed by atoms with Crippen LogP contribution in [0.2, 0.25) is 0 Å². The zero-order valence-corrected chi connectivity index (χ0v) is 11.3. The molecule has 0 aliphatic heterocycles. The Bertz CT molecular complexity index is 695. The van der Waals surface area contributed by atoms with Gasteiger partial charge in [0.1, 0.15) is 12.1 Å². The number of aromatic nitrogens is 1. The molecule has 0 radical (unpaired) electrons. The Morgan fingerprint density at radius 1 is 1.37 bits per heavy atom. The maximum atomic E-state index is 13.1. The van der Waals surface area contributed by atoms with Gasteiger partial charge in [-0.2, -0.15) is 0 Å². The van der Waals surface area contributed by atoms with Crippen molar-refractivity contribution >= 4 is 10.0 Å². The van der Waals surface area contributed by atoms with Crippen LogP contribution in [-0.2, 0) is 16.6 Å². The van der Waals surface area contributed by atoms with E-state index in [4.69, 9.17) is 4.42 Å². The Labute approximate surface area is 110 Å². The highest BCUT2D eigenvalue weighted by molar-refractivity contribution is 7.89. The van der Waals surface area contributed by atoms with E-state index in [1.165, 1.54) is 25.3 Å². The van der Waals surface area contributed by atoms with Crippen molar-refractivity contribution in [1.29, 1.82) is 0 Å². The molecule has 0 unspecified atom stereocenters. The molecule has 0 amide bonds. The van der Waals surface area contributed by atoms with Gasteiger partial charge in [0, 0.05) is 6.92 Å². The molecule has 2 aromatic rings. The number of sulfonamides is 1. The van der Waals surface area contributed by atoms with E-state index in [1.807, 2.05) is 0 Å². The number of hydrogen-bond acceptors (Lipinski definition) is 4. The molecule has 0 spiro atoms. The molecule has 0 fully saturated rings. The first kappa shape index (κ1) is 13.7. The van der Waals surface area contributed by atoms with Crippen molar-refractivity contribution in [2.45, 2.75) is 25.3 Å². The minimum Gasteiger partial charge on any atom is -0.449 e. The van der Waals surface area contributed by atoms with Gasteiger partial charge in [-0.3, -0.25) is 0 Å². The summed E-state index contributed by atoms with van der Waals surface area (Å²) in [5.74, 6) is 0.0258. The molecule has 0 saturated carbocycles. The van der Waals surface area contributed by atoms with Crippen LogP contribution in [0.5, 0.6) is 0 Å². The number of halogens is 1. The van der Waals surface area contributed by atoms with Gasteiger partial charge in [-0.1, -0.05) is 0 Å². The van der Waals surface area contributed by atoms with Crippen molar-refractivity contribution in [3.8, 4) is 0 Å². The van der Waals surface area contributed by atoms with Gasteiger partial charge in [0.05, 0.1) is 17.1 Å². The van der Waals surface area contributed by atoms with Crippen molar-refractivity contribution in [3.05, 3.63) is 47.4 Å². The summed E-state index contributed by atoms with van der Waals surface area (Å²) in [5.41, 5.74) is 0.764. The van der Waals surface area contributed by atoms with Gasteiger partial charge in [0.15, 0.2) is 5.89 Å². The van der Waals surface area contributed by atoms with Gasteiger partial charge >= 0.3 is 0 Å². The first-order valence-corrected chi connectivity index (χ1v) is 7.03. The lowest BCUT2D eigenvalue weighted by Gasteiger charge is -2.06. The van der Waals surface area contributed by atoms with Gasteiger partial charge < -0.3 is 4.42 Å². The zero-order chi connectivity index (χ0) is 14.0. The molecule has 19 heavy (non-hydrogen) atoms. The lowest BCUT2D eigenvalue weighted by molar-refractivity contribution is 0.520. The first-order valence-electron chi connectivity index (χ1n) is 5.55. The largest absolute Gasteiger partial charge is 0.449 e. The van der Waals surface area contributed by atoms with E-state index in [0.717, 1.165) is 6.07 Å². The minimum atomic E-state index is -3.69. The third kappa shape index (κ3) is 3.18. The number of hydrogen-bond donors (Lipinski definition) is 1. The van der Waals surface area contributed by atoms with Crippen molar-refractivity contribution in [2.75, 3.05) is 0 Å². The van der Waals surface area contributed by atoms with E-state index in [-0.39, 0.29) is 17.0 Å². The summed E-state index contributed by atoms with van der Waals surface area (Å²) in [6.07, 6.45) is 1.38. The number of benzene rings is 1. The highest BCUT2D eigenvalue weighted by Gasteiger charge is 2.15. The normalized spacial score (nSPS) is 11.7. The Morgan fingerprint density at radius 3 is 2.68 bits per heavy atom. The average molecular weight is 284 g/mol. The van der Waals surface area contributed by atoms with Crippen LogP contribution in [0.25, 0.3) is 0 Å². The summed E-state index contributed by atoms with van der Waals surface area (Å²) < 4.78 is 44.4. The Morgan fingerprint density at radius 2 is 2.11 bits per heavy atom. The van der Waals surface area contributed by atoms with E-state index in [9.17, 15) is 12.8 Å². The Balaban J connectivity index is 2.16. The van der Waals surface area contributed by atoms with Gasteiger partial charge in [-0.25, -0.2) is 22.5 Å². The third-order valence-corrected chi connectivity index (χ3v) is 3.95. The molecular weight excluding hydrogens is 271 g/mol. The molecule has 0 saturated heterocycles. The summed E-state index contributed by atoms with van der Waals surface area (Å²) in [7, 11) is -3.69. The van der Waals surface area contributed by atoms with Crippen LogP contribution in [0.1, 0.15) is 17.1 Å². The second-order valence-corrected chi connectivity index (χ2v) is 5.86. The second-order valence-electron chi connectivity index (χ2n) is 4.09. The predicted octanol–water partition coefficient (Wildman–Crippen LogP) is 1.91. The monoisotopic (exact) mass is 284 g/mol. The number of oxazole rings is 1. The maximum Gasteiger partial charge on any atom is 0.240 e. The van der Waals surface area contributed by atoms with Crippen LogP contribution in [0, 0.1) is 19.7 Å². The molecular formula is C12H13FN2O3S. The van der Waals surface area contributed by atoms with Gasteiger partial charge in [-0.15, -0.1) is 0 Å². The van der Waals surface area contributed by atoms with E-state index < -0.39 is 15.8 Å². The number of nitrogens with one attached hydrogen (secondary N) is 1. The van der Waals surface area contributed by atoms with Gasteiger partial charge in [-0.05, 0) is 30.7 Å². The Kier molecular flexibility index (Phi) is 3.68. The van der Waals surface area contributed by atoms with E-state index in [0.29, 0.717) is 11.6 Å². The quantitative estimate of drug-likeness (QED) is 0.931. The summed E-state index contributed by atoms with van der Waals surface area (Å²) in [5, 5.41) is 0. The van der Waals surface area contributed by atoms with Gasteiger partial charge in [0.2, 0.25) is 10.0 Å². The third-order valence-electron chi connectivity index (χ3n) is 2.55. The maximum absolute atomic E-state index is 13.1. The summed E-state index contributed by atoms with van der Waals surface area (Å²) in [6, 6.07) is 3.63. The van der Waals surface area contributed by atoms with Crippen LogP contribution < -0.4 is 4.72 Å². The SMILES string of the molecule is Cc1nc(CNS(=O)(=O)c2ccc(F)c(C)c2)co1. The lowest BCUT2D eigenvalue weighted by atomic mass is 10.2. The fourth-order valence-corrected chi connectivity index (χ4v) is 2.61. The molecule has 1 heterocycles. The van der Waals surface area contributed by atoms with Crippen molar-refractivity contribution in [1.82, 2.24) is 9.71 Å². The molecule has 0 aliphatic carbocycles. The average Bonchev–Trinajstić information content (AvgIpc) is 2.76. The molecule has 5 nitrogen and oxygen atoms in total. The molecule has 0 atom stereocenters. The predicted molar refractivity (Wildman–Crippen MR) is 66.4 cm³/mol. The van der Waals surface area contributed by atoms with Crippen molar-refractivity contribution < 1.29 is 17.2 Å². The summed E-state index contributed by atoms with van der Waals surface area (Å²) in [6.45, 7) is 3.20. The first-order chi connectivity index (χ1) is 8.88. The minimum absolute atomic E-state index is 0.0200. The van der Waals surface area contributed by atoms with Crippen LogP contribution in [0.15, 0.2) is 33.8 Å². The standard InChI is InChI=1S/C12H13FN2O3S/c1-8-5-11(3-4-12(8)13)19(16,17)14-6-10-7-18-9(2)15-10/h3-5,7,14H,6H2,1-2H3. The second kappa shape index (κ2) is 5.10. The molecule has 1 N–H and O–H groups in total. The number of nitrogens with zero attached hydrogens (tertiary/aromatic N) is 1. The zero-order valence-electron chi connectivity index (χ0n) is 10.5. The van der Waals surface area contributed by atoms with Crippen LogP contribution in [0.3, 0.4) is 0 Å². The van der Waals surface area contributed by atoms with E-state index in [1.54, 1.807) is 6.92 Å². The van der Waals surface area contributed by atoms with Crippen LogP contribution in [-0.4, -0.2) is 13.4 Å². The number of rotatable bonds is 4. The fraction of sp³-hybridized carbons (Fsp3) is 0.250. The van der Waals surface area contributed by atoms with Crippen LogP contribution >= 0.6 is 0 Å². The highest BCUT2D eigenvalue weighted by atomic mass is 32.2. The topological polar surface area (TPSA) is 72.2 Å². The fourth-order valence-electron chi connectivity index (χ4n) is 1.53. The molecule has 0 bridgehead atoms. The highest BCUT2D eigenvalue weighted by Crippen LogP contribution is 2.14. The van der Waals surface area contributed by atoms with E-state index >= 15 is 0 Å². The summed E-state index contributed by atoms with van der Waals surface area (Å²) >= 11 is 0. The van der Waals surface area contributed by atoms with Crippen LogP contribution in [0.4, 0.5) is 4.39 Å². The molecule has 7 heteroatoms. The molecule has 0 aliphatic rings. The molecule has 102 valence electrons. The summed E-state index contributed by atoms with van der Waals surface area (Å²) in [4.78, 5) is 4.01. The van der Waals surface area contributed by atoms with Crippen molar-refractivity contribution in [3.63, 3.8) is 0 Å². The Hall–Kier alpha value is -1.73. The molecule has 1 aromatic carbocycles. The molecule has 1 aromatic heterocycles.